The van der Waals surface area contributed by atoms with E-state index in [2.05, 4.69) is 15.6 Å². The van der Waals surface area contributed by atoms with Crippen molar-refractivity contribution in [3.05, 3.63) is 66.0 Å². The van der Waals surface area contributed by atoms with Crippen molar-refractivity contribution in [2.75, 3.05) is 13.1 Å². The number of carbonyl (C=O) groups excluding carboxylic acids is 2. The standard InChI is InChI=1S/C18H19N3O2/c22-17(13-4-2-1-3-5-13)10-15-11-20-12-16(15)21-18(23)14-6-8-19-9-7-14/h1-9,15-16,20H,10-12H2,(H,21,23)/t15-,16-/m0/s1. The normalized spacial score (nSPS) is 20.2. The highest BCUT2D eigenvalue weighted by Gasteiger charge is 2.30. The number of rotatable bonds is 5. The summed E-state index contributed by atoms with van der Waals surface area (Å²) in [6.07, 6.45) is 3.62. The fourth-order valence-corrected chi connectivity index (χ4v) is 2.85. The maximum absolute atomic E-state index is 12.4. The Morgan fingerprint density at radius 2 is 1.78 bits per heavy atom. The molecule has 1 aliphatic heterocycles. The molecular formula is C18H19N3O2. The predicted molar refractivity (Wildman–Crippen MR) is 87.2 cm³/mol. The van der Waals surface area contributed by atoms with E-state index in [1.165, 1.54) is 0 Å². The van der Waals surface area contributed by atoms with Crippen LogP contribution in [0.15, 0.2) is 54.9 Å². The largest absolute Gasteiger partial charge is 0.348 e. The fourth-order valence-electron chi connectivity index (χ4n) is 2.85. The number of hydrogen-bond acceptors (Lipinski definition) is 4. The van der Waals surface area contributed by atoms with Crippen LogP contribution in [0.3, 0.4) is 0 Å². The molecular weight excluding hydrogens is 290 g/mol. The number of aromatic nitrogens is 1. The van der Waals surface area contributed by atoms with Crippen LogP contribution in [0.25, 0.3) is 0 Å². The number of hydrogen-bond donors (Lipinski definition) is 2. The van der Waals surface area contributed by atoms with Gasteiger partial charge in [0, 0.05) is 55.0 Å². The lowest BCUT2D eigenvalue weighted by Gasteiger charge is -2.19. The van der Waals surface area contributed by atoms with Crippen molar-refractivity contribution >= 4 is 11.7 Å². The smallest absolute Gasteiger partial charge is 0.251 e. The van der Waals surface area contributed by atoms with E-state index in [0.717, 1.165) is 12.1 Å². The van der Waals surface area contributed by atoms with Crippen LogP contribution in [0.2, 0.25) is 0 Å². The first-order valence-electron chi connectivity index (χ1n) is 7.74. The first-order valence-corrected chi connectivity index (χ1v) is 7.74. The molecule has 1 aliphatic rings. The number of carbonyl (C=O) groups is 2. The number of Topliss-reactive ketones (excluding diaryl/α,β-unsaturated/α-hetero) is 1. The van der Waals surface area contributed by atoms with E-state index >= 15 is 0 Å². The highest BCUT2D eigenvalue weighted by molar-refractivity contribution is 5.96. The third-order valence-corrected chi connectivity index (χ3v) is 4.14. The van der Waals surface area contributed by atoms with Crippen molar-refractivity contribution in [3.8, 4) is 0 Å². The van der Waals surface area contributed by atoms with Crippen molar-refractivity contribution in [1.29, 1.82) is 0 Å². The van der Waals surface area contributed by atoms with Gasteiger partial charge in [-0.15, -0.1) is 0 Å². The maximum atomic E-state index is 12.4. The zero-order valence-electron chi connectivity index (χ0n) is 12.7. The Kier molecular flexibility index (Phi) is 4.78. The van der Waals surface area contributed by atoms with Gasteiger partial charge in [-0.05, 0) is 12.1 Å². The summed E-state index contributed by atoms with van der Waals surface area (Å²) in [5, 5.41) is 6.28. The van der Waals surface area contributed by atoms with Crippen molar-refractivity contribution in [2.45, 2.75) is 12.5 Å². The van der Waals surface area contributed by atoms with Crippen molar-refractivity contribution in [2.24, 2.45) is 5.92 Å². The molecule has 0 saturated carbocycles. The van der Waals surface area contributed by atoms with Crippen LogP contribution < -0.4 is 10.6 Å². The van der Waals surface area contributed by atoms with Gasteiger partial charge in [-0.25, -0.2) is 0 Å². The van der Waals surface area contributed by atoms with E-state index in [-0.39, 0.29) is 23.7 Å². The Morgan fingerprint density at radius 3 is 2.52 bits per heavy atom. The number of benzene rings is 1. The van der Waals surface area contributed by atoms with E-state index in [0.29, 0.717) is 18.5 Å². The SMILES string of the molecule is O=C(C[C@H]1CNC[C@@H]1NC(=O)c1ccncc1)c1ccccc1. The highest BCUT2D eigenvalue weighted by atomic mass is 16.1. The molecule has 0 radical (unpaired) electrons. The molecule has 118 valence electrons. The van der Waals surface area contributed by atoms with Crippen molar-refractivity contribution in [3.63, 3.8) is 0 Å². The van der Waals surface area contributed by atoms with Crippen LogP contribution in [-0.4, -0.2) is 35.8 Å². The van der Waals surface area contributed by atoms with E-state index in [9.17, 15) is 9.59 Å². The van der Waals surface area contributed by atoms with E-state index in [1.54, 1.807) is 24.5 Å². The van der Waals surface area contributed by atoms with Gasteiger partial charge in [-0.3, -0.25) is 14.6 Å². The Morgan fingerprint density at radius 1 is 1.04 bits per heavy atom. The molecule has 2 heterocycles. The van der Waals surface area contributed by atoms with Gasteiger partial charge in [-0.1, -0.05) is 30.3 Å². The van der Waals surface area contributed by atoms with Gasteiger partial charge < -0.3 is 10.6 Å². The van der Waals surface area contributed by atoms with Crippen molar-refractivity contribution in [1.82, 2.24) is 15.6 Å². The maximum Gasteiger partial charge on any atom is 0.251 e. The molecule has 2 N–H and O–H groups in total. The number of nitrogens with one attached hydrogen (secondary N) is 2. The van der Waals surface area contributed by atoms with Gasteiger partial charge in [0.2, 0.25) is 0 Å². The number of nitrogens with zero attached hydrogens (tertiary/aromatic N) is 1. The summed E-state index contributed by atoms with van der Waals surface area (Å²) in [5.41, 5.74) is 1.30. The van der Waals surface area contributed by atoms with Crippen LogP contribution in [0.4, 0.5) is 0 Å². The molecule has 0 unspecified atom stereocenters. The molecule has 1 saturated heterocycles. The molecule has 5 nitrogen and oxygen atoms in total. The lowest BCUT2D eigenvalue weighted by atomic mass is 9.94. The van der Waals surface area contributed by atoms with Crippen LogP contribution in [-0.2, 0) is 0 Å². The predicted octanol–water partition coefficient (Wildman–Crippen LogP) is 1.67. The topological polar surface area (TPSA) is 71.1 Å². The zero-order valence-corrected chi connectivity index (χ0v) is 12.7. The minimum atomic E-state index is -0.127. The second-order valence-corrected chi connectivity index (χ2v) is 5.73. The third-order valence-electron chi connectivity index (χ3n) is 4.14. The fraction of sp³-hybridized carbons (Fsp3) is 0.278. The molecule has 3 rings (SSSR count). The Hall–Kier alpha value is -2.53. The quantitative estimate of drug-likeness (QED) is 0.824. The second kappa shape index (κ2) is 7.15. The molecule has 2 aromatic rings. The zero-order chi connectivity index (χ0) is 16.1. The molecule has 2 atom stereocenters. The molecule has 0 spiro atoms. The second-order valence-electron chi connectivity index (χ2n) is 5.73. The van der Waals surface area contributed by atoms with Gasteiger partial charge in [0.15, 0.2) is 5.78 Å². The monoisotopic (exact) mass is 309 g/mol. The summed E-state index contributed by atoms with van der Waals surface area (Å²) in [4.78, 5) is 28.5. The van der Waals surface area contributed by atoms with Gasteiger partial charge in [-0.2, -0.15) is 0 Å². The molecule has 0 bridgehead atoms. The molecule has 23 heavy (non-hydrogen) atoms. The van der Waals surface area contributed by atoms with Gasteiger partial charge in [0.1, 0.15) is 0 Å². The molecule has 1 fully saturated rings. The molecule has 1 aromatic carbocycles. The number of amides is 1. The average molecular weight is 309 g/mol. The van der Waals surface area contributed by atoms with Crippen LogP contribution >= 0.6 is 0 Å². The molecule has 1 aromatic heterocycles. The van der Waals surface area contributed by atoms with Crippen molar-refractivity contribution < 1.29 is 9.59 Å². The molecule has 5 heteroatoms. The van der Waals surface area contributed by atoms with Crippen LogP contribution in [0.1, 0.15) is 27.1 Å². The average Bonchev–Trinajstić information content (AvgIpc) is 3.03. The minimum absolute atomic E-state index is 0.0386. The summed E-state index contributed by atoms with van der Waals surface area (Å²) < 4.78 is 0. The minimum Gasteiger partial charge on any atom is -0.348 e. The number of ketones is 1. The third kappa shape index (κ3) is 3.81. The van der Waals surface area contributed by atoms with Gasteiger partial charge in [0.05, 0.1) is 0 Å². The Bertz CT molecular complexity index is 614. The first-order chi connectivity index (χ1) is 11.2. The van der Waals surface area contributed by atoms with Crippen LogP contribution in [0, 0.1) is 5.92 Å². The highest BCUT2D eigenvalue weighted by Crippen LogP contribution is 2.17. The van der Waals surface area contributed by atoms with Crippen LogP contribution in [0.5, 0.6) is 0 Å². The summed E-state index contributed by atoms with van der Waals surface area (Å²) in [5.74, 6) is 0.0919. The summed E-state index contributed by atoms with van der Waals surface area (Å²) in [6, 6.07) is 12.6. The van der Waals surface area contributed by atoms with E-state index in [1.807, 2.05) is 30.3 Å². The molecule has 1 amide bonds. The number of pyridine rings is 1. The molecule has 0 aliphatic carbocycles. The van der Waals surface area contributed by atoms with E-state index < -0.39 is 0 Å². The van der Waals surface area contributed by atoms with Gasteiger partial charge in [0.25, 0.3) is 5.91 Å². The lowest BCUT2D eigenvalue weighted by molar-refractivity contribution is 0.0902. The Balaban J connectivity index is 1.62. The van der Waals surface area contributed by atoms with Gasteiger partial charge >= 0.3 is 0 Å². The summed E-state index contributed by atoms with van der Waals surface area (Å²) >= 11 is 0. The van der Waals surface area contributed by atoms with E-state index in [4.69, 9.17) is 0 Å². The Labute approximate surface area is 135 Å². The summed E-state index contributed by atoms with van der Waals surface area (Å²) in [6.45, 7) is 1.42. The lowest BCUT2D eigenvalue weighted by Crippen LogP contribution is -2.41. The summed E-state index contributed by atoms with van der Waals surface area (Å²) in [7, 11) is 0. The first kappa shape index (κ1) is 15.4.